The minimum Gasteiger partial charge on any atom is -0.399 e. The summed E-state index contributed by atoms with van der Waals surface area (Å²) in [6.45, 7) is 1.86. The summed E-state index contributed by atoms with van der Waals surface area (Å²) in [5.74, 6) is -0.0488. The number of nitrogen functional groups attached to an aromatic ring is 1. The molecule has 0 aliphatic carbocycles. The highest BCUT2D eigenvalue weighted by Gasteiger charge is 2.09. The number of carbonyl (C=O) groups is 2. The van der Waals surface area contributed by atoms with Crippen LogP contribution in [0.15, 0.2) is 72.8 Å². The molecule has 1 amide bonds. The maximum atomic E-state index is 12.3. The van der Waals surface area contributed by atoms with Gasteiger partial charge in [-0.1, -0.05) is 19.1 Å². The third-order valence-electron chi connectivity index (χ3n) is 4.89. The Kier molecular flexibility index (Phi) is 4.87. The van der Waals surface area contributed by atoms with Gasteiger partial charge in [-0.05, 0) is 66.2 Å². The average molecular weight is 383 g/mol. The van der Waals surface area contributed by atoms with Crippen LogP contribution in [0.2, 0.25) is 0 Å². The van der Waals surface area contributed by atoms with E-state index >= 15 is 0 Å². The van der Waals surface area contributed by atoms with Crippen molar-refractivity contribution >= 4 is 34.0 Å². The summed E-state index contributed by atoms with van der Waals surface area (Å²) in [6.07, 6.45) is 0.492. The van der Waals surface area contributed by atoms with Gasteiger partial charge < -0.3 is 16.0 Å². The van der Waals surface area contributed by atoms with Crippen molar-refractivity contribution in [1.82, 2.24) is 4.98 Å². The monoisotopic (exact) mass is 383 g/mol. The van der Waals surface area contributed by atoms with Crippen LogP contribution in [0.5, 0.6) is 0 Å². The van der Waals surface area contributed by atoms with Gasteiger partial charge in [-0.25, -0.2) is 0 Å². The molecule has 5 nitrogen and oxygen atoms in total. The molecule has 4 aromatic rings. The summed E-state index contributed by atoms with van der Waals surface area (Å²) in [5.41, 5.74) is 11.2. The number of benzene rings is 3. The van der Waals surface area contributed by atoms with Crippen LogP contribution in [0.3, 0.4) is 0 Å². The number of fused-ring (bicyclic) bond motifs is 1. The van der Waals surface area contributed by atoms with Crippen LogP contribution in [0.4, 0.5) is 11.4 Å². The first-order chi connectivity index (χ1) is 14.0. The largest absolute Gasteiger partial charge is 0.399 e. The van der Waals surface area contributed by atoms with E-state index in [2.05, 4.69) is 10.3 Å². The van der Waals surface area contributed by atoms with Gasteiger partial charge in [-0.3, -0.25) is 9.59 Å². The molecule has 4 N–H and O–H groups in total. The molecule has 0 saturated carbocycles. The van der Waals surface area contributed by atoms with E-state index in [1.54, 1.807) is 24.3 Å². The summed E-state index contributed by atoms with van der Waals surface area (Å²) in [7, 11) is 0. The molecule has 1 heterocycles. The second kappa shape index (κ2) is 7.64. The number of ketones is 1. The van der Waals surface area contributed by atoms with Gasteiger partial charge in [0.05, 0.1) is 0 Å². The first-order valence-electron chi connectivity index (χ1n) is 9.47. The molecule has 5 heteroatoms. The lowest BCUT2D eigenvalue weighted by atomic mass is 10.1. The highest BCUT2D eigenvalue weighted by molar-refractivity contribution is 6.04. The molecule has 0 spiro atoms. The number of nitrogens with one attached hydrogen (secondary N) is 2. The van der Waals surface area contributed by atoms with Gasteiger partial charge in [0.15, 0.2) is 5.78 Å². The van der Waals surface area contributed by atoms with Crippen molar-refractivity contribution < 1.29 is 9.59 Å². The Labute approximate surface area is 168 Å². The number of aromatic nitrogens is 1. The number of Topliss-reactive ketones (excluding diaryl/α,β-unsaturated/α-hetero) is 1. The number of hydrogen-bond acceptors (Lipinski definition) is 3. The standard InChI is InChI=1S/C24H21N3O2/c1-2-23(28)17-7-12-21-18(13-17)14-22(27-21)15-5-10-20(11-6-15)26-24(29)16-3-8-19(25)9-4-16/h3-14,27H,2,25H2,1H3,(H,26,29). The Balaban J connectivity index is 1.53. The predicted octanol–water partition coefficient (Wildman–Crippen LogP) is 5.26. The molecule has 0 saturated heterocycles. The van der Waals surface area contributed by atoms with Crippen LogP contribution in [0, 0.1) is 0 Å². The minimum absolute atomic E-state index is 0.135. The summed E-state index contributed by atoms with van der Waals surface area (Å²) in [6, 6.07) is 22.1. The van der Waals surface area contributed by atoms with Crippen molar-refractivity contribution in [3.63, 3.8) is 0 Å². The molecule has 3 aromatic carbocycles. The fraction of sp³-hybridized carbons (Fsp3) is 0.0833. The molecule has 0 aliphatic rings. The fourth-order valence-corrected chi connectivity index (χ4v) is 3.24. The number of nitrogens with two attached hydrogens (primary N) is 1. The fourth-order valence-electron chi connectivity index (χ4n) is 3.24. The highest BCUT2D eigenvalue weighted by Crippen LogP contribution is 2.26. The van der Waals surface area contributed by atoms with Crippen molar-refractivity contribution in [1.29, 1.82) is 0 Å². The first kappa shape index (κ1) is 18.5. The molecule has 0 fully saturated rings. The number of anilines is 2. The number of rotatable bonds is 5. The van der Waals surface area contributed by atoms with E-state index in [1.165, 1.54) is 0 Å². The molecule has 0 bridgehead atoms. The van der Waals surface area contributed by atoms with E-state index in [-0.39, 0.29) is 11.7 Å². The highest BCUT2D eigenvalue weighted by atomic mass is 16.1. The van der Waals surface area contributed by atoms with Gasteiger partial charge in [0, 0.05) is 45.5 Å². The number of aromatic amines is 1. The van der Waals surface area contributed by atoms with E-state index < -0.39 is 0 Å². The van der Waals surface area contributed by atoms with Gasteiger partial charge in [-0.15, -0.1) is 0 Å². The molecule has 0 radical (unpaired) electrons. The van der Waals surface area contributed by atoms with Gasteiger partial charge in [0.1, 0.15) is 0 Å². The Morgan fingerprint density at radius 2 is 1.59 bits per heavy atom. The molecule has 1 aromatic heterocycles. The quantitative estimate of drug-likeness (QED) is 0.324. The maximum Gasteiger partial charge on any atom is 0.255 e. The Hall–Kier alpha value is -3.86. The molecular weight excluding hydrogens is 362 g/mol. The Morgan fingerprint density at radius 1 is 0.897 bits per heavy atom. The summed E-state index contributed by atoms with van der Waals surface area (Å²) in [4.78, 5) is 27.6. The summed E-state index contributed by atoms with van der Waals surface area (Å²) in [5, 5.41) is 3.88. The smallest absolute Gasteiger partial charge is 0.255 e. The second-order valence-electron chi connectivity index (χ2n) is 6.92. The second-order valence-corrected chi connectivity index (χ2v) is 6.92. The number of carbonyl (C=O) groups excluding carboxylic acids is 2. The average Bonchev–Trinajstić information content (AvgIpc) is 3.17. The number of hydrogen-bond donors (Lipinski definition) is 3. The third-order valence-corrected chi connectivity index (χ3v) is 4.89. The molecule has 4 rings (SSSR count). The zero-order chi connectivity index (χ0) is 20.4. The maximum absolute atomic E-state index is 12.3. The third kappa shape index (κ3) is 3.89. The predicted molar refractivity (Wildman–Crippen MR) is 117 cm³/mol. The van der Waals surface area contributed by atoms with Crippen LogP contribution in [-0.4, -0.2) is 16.7 Å². The van der Waals surface area contributed by atoms with E-state index in [0.29, 0.717) is 23.4 Å². The van der Waals surface area contributed by atoms with E-state index in [4.69, 9.17) is 5.73 Å². The van der Waals surface area contributed by atoms with Gasteiger partial charge >= 0.3 is 0 Å². The van der Waals surface area contributed by atoms with Gasteiger partial charge in [-0.2, -0.15) is 0 Å². The summed E-state index contributed by atoms with van der Waals surface area (Å²) >= 11 is 0. The van der Waals surface area contributed by atoms with Crippen molar-refractivity contribution in [2.75, 3.05) is 11.1 Å². The zero-order valence-corrected chi connectivity index (χ0v) is 16.0. The van der Waals surface area contributed by atoms with Gasteiger partial charge in [0.2, 0.25) is 0 Å². The van der Waals surface area contributed by atoms with E-state index in [0.717, 1.165) is 27.7 Å². The molecule has 0 unspecified atom stereocenters. The van der Waals surface area contributed by atoms with Crippen LogP contribution in [0.25, 0.3) is 22.2 Å². The van der Waals surface area contributed by atoms with Crippen molar-refractivity contribution in [2.45, 2.75) is 13.3 Å². The van der Waals surface area contributed by atoms with Gasteiger partial charge in [0.25, 0.3) is 5.91 Å². The minimum atomic E-state index is -0.184. The lowest BCUT2D eigenvalue weighted by Crippen LogP contribution is -2.11. The van der Waals surface area contributed by atoms with Crippen LogP contribution < -0.4 is 11.1 Å². The van der Waals surface area contributed by atoms with Crippen molar-refractivity contribution in [2.24, 2.45) is 0 Å². The summed E-state index contributed by atoms with van der Waals surface area (Å²) < 4.78 is 0. The van der Waals surface area contributed by atoms with Crippen molar-refractivity contribution in [3.05, 3.63) is 83.9 Å². The number of amides is 1. The van der Waals surface area contributed by atoms with Crippen molar-refractivity contribution in [3.8, 4) is 11.3 Å². The van der Waals surface area contributed by atoms with E-state index in [9.17, 15) is 9.59 Å². The SMILES string of the molecule is CCC(=O)c1ccc2[nH]c(-c3ccc(NC(=O)c4ccc(N)cc4)cc3)cc2c1. The van der Waals surface area contributed by atoms with Crippen LogP contribution in [-0.2, 0) is 0 Å². The topological polar surface area (TPSA) is 88.0 Å². The normalized spacial score (nSPS) is 10.8. The lowest BCUT2D eigenvalue weighted by Gasteiger charge is -2.06. The Bertz CT molecular complexity index is 1190. The zero-order valence-electron chi connectivity index (χ0n) is 16.0. The molecule has 144 valence electrons. The first-order valence-corrected chi connectivity index (χ1v) is 9.47. The Morgan fingerprint density at radius 3 is 2.28 bits per heavy atom. The molecule has 29 heavy (non-hydrogen) atoms. The molecule has 0 atom stereocenters. The lowest BCUT2D eigenvalue weighted by molar-refractivity contribution is 0.0986. The molecule has 0 aliphatic heterocycles. The number of H-pyrrole nitrogens is 1. The van der Waals surface area contributed by atoms with Crippen LogP contribution in [0.1, 0.15) is 34.1 Å². The van der Waals surface area contributed by atoms with E-state index in [1.807, 2.05) is 55.5 Å². The van der Waals surface area contributed by atoms with Crippen LogP contribution >= 0.6 is 0 Å². The molecular formula is C24H21N3O2.